The van der Waals surface area contributed by atoms with Crippen molar-refractivity contribution >= 4 is 33.2 Å². The molecule has 0 spiro atoms. The van der Waals surface area contributed by atoms with Gasteiger partial charge in [0.25, 0.3) is 0 Å². The minimum absolute atomic E-state index is 0.0683. The molecule has 3 nitrogen and oxygen atoms in total. The lowest BCUT2D eigenvalue weighted by atomic mass is 10.1. The molecule has 0 aliphatic rings. The summed E-state index contributed by atoms with van der Waals surface area (Å²) in [5, 5.41) is 19.2. The van der Waals surface area contributed by atoms with E-state index in [-0.39, 0.29) is 20.8 Å². The number of rotatable bonds is 2. The Balaban J connectivity index is 3.32. The standard InChI is InChI=1S/C11H4BrClF3N3/c12-9-2-7(13)1-8(11(14,15)16)10(9)19-5-6(3-17)4-18/h1-2,5,19H. The first-order chi connectivity index (χ1) is 8.79. The van der Waals surface area contributed by atoms with Gasteiger partial charge in [-0.25, -0.2) is 0 Å². The van der Waals surface area contributed by atoms with Crippen LogP contribution in [0, 0.1) is 22.7 Å². The van der Waals surface area contributed by atoms with Gasteiger partial charge < -0.3 is 5.32 Å². The van der Waals surface area contributed by atoms with Gasteiger partial charge in [-0.1, -0.05) is 11.6 Å². The largest absolute Gasteiger partial charge is 0.418 e. The second-order valence-corrected chi connectivity index (χ2v) is 4.52. The van der Waals surface area contributed by atoms with Crippen LogP contribution in [0.2, 0.25) is 5.02 Å². The Bertz CT molecular complexity index is 595. The van der Waals surface area contributed by atoms with Crippen LogP contribution in [0.25, 0.3) is 0 Å². The van der Waals surface area contributed by atoms with Crippen LogP contribution in [0.4, 0.5) is 18.9 Å². The monoisotopic (exact) mass is 349 g/mol. The molecule has 0 amide bonds. The minimum Gasteiger partial charge on any atom is -0.358 e. The van der Waals surface area contributed by atoms with E-state index in [4.69, 9.17) is 22.1 Å². The fourth-order valence-corrected chi connectivity index (χ4v) is 2.10. The third-order valence-corrected chi connectivity index (χ3v) is 2.81. The van der Waals surface area contributed by atoms with Crippen molar-refractivity contribution in [3.05, 3.63) is 39.0 Å². The van der Waals surface area contributed by atoms with Crippen LogP contribution in [0.3, 0.4) is 0 Å². The van der Waals surface area contributed by atoms with E-state index in [9.17, 15) is 13.2 Å². The predicted octanol–water partition coefficient (Wildman–Crippen LogP) is 4.46. The first-order valence-corrected chi connectivity index (χ1v) is 5.80. The smallest absolute Gasteiger partial charge is 0.358 e. The van der Waals surface area contributed by atoms with Crippen LogP contribution in [0.15, 0.2) is 28.4 Å². The van der Waals surface area contributed by atoms with Crippen molar-refractivity contribution < 1.29 is 13.2 Å². The second-order valence-electron chi connectivity index (χ2n) is 3.23. The number of hydrogen-bond acceptors (Lipinski definition) is 3. The maximum atomic E-state index is 12.8. The van der Waals surface area contributed by atoms with Gasteiger partial charge in [-0.15, -0.1) is 0 Å². The molecule has 1 N–H and O–H groups in total. The fraction of sp³-hybridized carbons (Fsp3) is 0.0909. The van der Waals surface area contributed by atoms with Crippen molar-refractivity contribution in [2.75, 3.05) is 5.32 Å². The topological polar surface area (TPSA) is 59.6 Å². The average Bonchev–Trinajstić information content (AvgIpc) is 2.30. The Kier molecular flexibility index (Phi) is 4.82. The minimum atomic E-state index is -4.62. The molecule has 1 aromatic carbocycles. The van der Waals surface area contributed by atoms with Gasteiger partial charge in [0, 0.05) is 15.7 Å². The van der Waals surface area contributed by atoms with E-state index in [2.05, 4.69) is 21.2 Å². The summed E-state index contributed by atoms with van der Waals surface area (Å²) < 4.78 is 38.5. The maximum Gasteiger partial charge on any atom is 0.418 e. The summed E-state index contributed by atoms with van der Waals surface area (Å²) in [4.78, 5) is 0. The van der Waals surface area contributed by atoms with Crippen LogP contribution in [-0.2, 0) is 6.18 Å². The quantitative estimate of drug-likeness (QED) is 0.801. The number of allylic oxidation sites excluding steroid dienone is 1. The molecule has 98 valence electrons. The first kappa shape index (κ1) is 15.4. The number of nitrogens with zero attached hydrogens (tertiary/aromatic N) is 2. The van der Waals surface area contributed by atoms with E-state index in [0.29, 0.717) is 0 Å². The molecule has 0 radical (unpaired) electrons. The summed E-state index contributed by atoms with van der Waals surface area (Å²) in [7, 11) is 0. The SMILES string of the molecule is N#CC(C#N)=CNc1c(Br)cc(Cl)cc1C(F)(F)F. The van der Waals surface area contributed by atoms with Crippen LogP contribution in [-0.4, -0.2) is 0 Å². The second kappa shape index (κ2) is 5.96. The average molecular weight is 351 g/mol. The number of anilines is 1. The Morgan fingerprint density at radius 3 is 2.37 bits per heavy atom. The lowest BCUT2D eigenvalue weighted by Gasteiger charge is -2.14. The summed E-state index contributed by atoms with van der Waals surface area (Å²) in [6.45, 7) is 0. The Morgan fingerprint density at radius 1 is 1.32 bits per heavy atom. The molecule has 0 aliphatic carbocycles. The highest BCUT2D eigenvalue weighted by Gasteiger charge is 2.34. The summed E-state index contributed by atoms with van der Waals surface area (Å²) in [5.41, 5.74) is -1.67. The zero-order valence-electron chi connectivity index (χ0n) is 9.02. The number of benzene rings is 1. The molecular weight excluding hydrogens is 346 g/mol. The van der Waals surface area contributed by atoms with E-state index in [1.807, 2.05) is 0 Å². The van der Waals surface area contributed by atoms with Crippen molar-refractivity contribution in [2.24, 2.45) is 0 Å². The van der Waals surface area contributed by atoms with Gasteiger partial charge in [0.15, 0.2) is 0 Å². The molecule has 0 aromatic heterocycles. The molecule has 0 heterocycles. The summed E-state index contributed by atoms with van der Waals surface area (Å²) in [6, 6.07) is 5.07. The Hall–Kier alpha value is -1.70. The van der Waals surface area contributed by atoms with Gasteiger partial charge >= 0.3 is 6.18 Å². The molecular formula is C11H4BrClF3N3. The maximum absolute atomic E-state index is 12.8. The molecule has 19 heavy (non-hydrogen) atoms. The molecule has 0 unspecified atom stereocenters. The lowest BCUT2D eigenvalue weighted by Crippen LogP contribution is -2.09. The highest BCUT2D eigenvalue weighted by Crippen LogP contribution is 2.40. The fourth-order valence-electron chi connectivity index (χ4n) is 1.18. The van der Waals surface area contributed by atoms with Crippen LogP contribution in [0.5, 0.6) is 0 Å². The summed E-state index contributed by atoms with van der Waals surface area (Å²) >= 11 is 8.51. The summed E-state index contributed by atoms with van der Waals surface area (Å²) in [6.07, 6.45) is -3.73. The highest BCUT2D eigenvalue weighted by atomic mass is 79.9. The van der Waals surface area contributed by atoms with Gasteiger partial charge in [0.2, 0.25) is 0 Å². The van der Waals surface area contributed by atoms with Gasteiger partial charge in [0.1, 0.15) is 17.7 Å². The van der Waals surface area contributed by atoms with Crippen LogP contribution >= 0.6 is 27.5 Å². The van der Waals surface area contributed by atoms with Crippen molar-refractivity contribution in [3.63, 3.8) is 0 Å². The zero-order chi connectivity index (χ0) is 14.6. The Labute approximate surface area is 120 Å². The predicted molar refractivity (Wildman–Crippen MR) is 67.1 cm³/mol. The molecule has 0 fully saturated rings. The van der Waals surface area contributed by atoms with E-state index >= 15 is 0 Å². The molecule has 0 bridgehead atoms. The first-order valence-electron chi connectivity index (χ1n) is 4.62. The number of hydrogen-bond donors (Lipinski definition) is 1. The van der Waals surface area contributed by atoms with Gasteiger partial charge in [0.05, 0.1) is 11.3 Å². The van der Waals surface area contributed by atoms with E-state index < -0.39 is 11.7 Å². The van der Waals surface area contributed by atoms with Crippen molar-refractivity contribution in [2.45, 2.75) is 6.18 Å². The molecule has 0 saturated heterocycles. The number of alkyl halides is 3. The van der Waals surface area contributed by atoms with Gasteiger partial charge in [-0.3, -0.25) is 0 Å². The molecule has 1 rings (SSSR count). The number of halogens is 5. The lowest BCUT2D eigenvalue weighted by molar-refractivity contribution is -0.136. The van der Waals surface area contributed by atoms with E-state index in [0.717, 1.165) is 12.3 Å². The van der Waals surface area contributed by atoms with Crippen LogP contribution < -0.4 is 5.32 Å². The molecule has 8 heteroatoms. The van der Waals surface area contributed by atoms with Crippen molar-refractivity contribution in [1.29, 1.82) is 10.5 Å². The highest BCUT2D eigenvalue weighted by molar-refractivity contribution is 9.10. The molecule has 0 atom stereocenters. The zero-order valence-corrected chi connectivity index (χ0v) is 11.4. The van der Waals surface area contributed by atoms with Gasteiger partial charge in [-0.05, 0) is 28.1 Å². The Morgan fingerprint density at radius 2 is 1.89 bits per heavy atom. The number of nitriles is 2. The van der Waals surface area contributed by atoms with Gasteiger partial charge in [-0.2, -0.15) is 23.7 Å². The normalized spacial score (nSPS) is 10.3. The van der Waals surface area contributed by atoms with E-state index in [1.54, 1.807) is 0 Å². The van der Waals surface area contributed by atoms with Crippen LogP contribution in [0.1, 0.15) is 5.56 Å². The summed E-state index contributed by atoms with van der Waals surface area (Å²) in [5.74, 6) is 0. The van der Waals surface area contributed by atoms with Crippen molar-refractivity contribution in [1.82, 2.24) is 0 Å². The number of nitrogens with one attached hydrogen (secondary N) is 1. The third kappa shape index (κ3) is 3.88. The third-order valence-electron chi connectivity index (χ3n) is 1.96. The molecule has 1 aromatic rings. The molecule has 0 aliphatic heterocycles. The van der Waals surface area contributed by atoms with Crippen molar-refractivity contribution in [3.8, 4) is 12.1 Å². The van der Waals surface area contributed by atoms with E-state index in [1.165, 1.54) is 18.2 Å². The molecule has 0 saturated carbocycles.